The van der Waals surface area contributed by atoms with E-state index in [4.69, 9.17) is 4.74 Å². The number of aliphatic hydroxyl groups excluding tert-OH is 1. The van der Waals surface area contributed by atoms with Crippen LogP contribution in [0.3, 0.4) is 0 Å². The van der Waals surface area contributed by atoms with Gasteiger partial charge in [-0.25, -0.2) is 4.98 Å². The highest BCUT2D eigenvalue weighted by atomic mass is 16.5. The molecule has 3 aliphatic rings. The molecule has 3 aliphatic heterocycles. The molecule has 9 nitrogen and oxygen atoms in total. The fourth-order valence-corrected chi connectivity index (χ4v) is 5.81. The Kier molecular flexibility index (Phi) is 6.10. The number of rotatable bonds is 6. The molecule has 36 heavy (non-hydrogen) atoms. The number of aliphatic hydroxyl groups is 1. The van der Waals surface area contributed by atoms with Crippen molar-refractivity contribution in [3.63, 3.8) is 0 Å². The average molecular weight is 489 g/mol. The first-order chi connectivity index (χ1) is 17.7. The van der Waals surface area contributed by atoms with Gasteiger partial charge in [0.15, 0.2) is 0 Å². The summed E-state index contributed by atoms with van der Waals surface area (Å²) in [6.07, 6.45) is 9.07. The molecule has 1 amide bonds. The van der Waals surface area contributed by atoms with Gasteiger partial charge >= 0.3 is 0 Å². The van der Waals surface area contributed by atoms with Crippen molar-refractivity contribution in [2.24, 2.45) is 0 Å². The number of aryl methyl sites for hydroxylation is 1. The van der Waals surface area contributed by atoms with E-state index in [1.54, 1.807) is 7.11 Å². The first kappa shape index (κ1) is 23.0. The van der Waals surface area contributed by atoms with Crippen LogP contribution in [-0.4, -0.2) is 58.2 Å². The molecule has 188 valence electrons. The van der Waals surface area contributed by atoms with Crippen LogP contribution < -0.4 is 15.5 Å². The highest BCUT2D eigenvalue weighted by molar-refractivity contribution is 6.06. The molecule has 0 aliphatic carbocycles. The summed E-state index contributed by atoms with van der Waals surface area (Å²) in [7, 11) is 1.73. The zero-order chi connectivity index (χ0) is 24.6. The van der Waals surface area contributed by atoms with E-state index in [0.717, 1.165) is 66.8 Å². The van der Waals surface area contributed by atoms with Gasteiger partial charge in [0, 0.05) is 38.0 Å². The molecule has 3 N–H and O–H groups in total. The van der Waals surface area contributed by atoms with Crippen LogP contribution in [0.2, 0.25) is 0 Å². The van der Waals surface area contributed by atoms with Crippen molar-refractivity contribution < 1.29 is 14.6 Å². The first-order valence-corrected chi connectivity index (χ1v) is 12.8. The molecule has 1 aromatic carbocycles. The van der Waals surface area contributed by atoms with Crippen LogP contribution in [-0.2, 0) is 24.2 Å². The normalized spacial score (nSPS) is 21.2. The molecule has 0 saturated carbocycles. The molecule has 3 aromatic rings. The lowest BCUT2D eigenvalue weighted by Crippen LogP contribution is -2.48. The lowest BCUT2D eigenvalue weighted by Gasteiger charge is -2.39. The summed E-state index contributed by atoms with van der Waals surface area (Å²) >= 11 is 0. The van der Waals surface area contributed by atoms with Gasteiger partial charge in [0.25, 0.3) is 5.91 Å². The Morgan fingerprint density at radius 3 is 2.89 bits per heavy atom. The smallest absolute Gasteiger partial charge is 0.254 e. The van der Waals surface area contributed by atoms with Crippen molar-refractivity contribution in [2.45, 2.75) is 57.3 Å². The van der Waals surface area contributed by atoms with E-state index in [9.17, 15) is 9.90 Å². The Hall–Kier alpha value is -3.43. The maximum atomic E-state index is 12.8. The van der Waals surface area contributed by atoms with Crippen LogP contribution in [0.5, 0.6) is 0 Å². The third kappa shape index (κ3) is 4.02. The number of carbonyl (C=O) groups is 1. The van der Waals surface area contributed by atoms with Crippen molar-refractivity contribution in [3.8, 4) is 11.1 Å². The van der Waals surface area contributed by atoms with E-state index in [-0.39, 0.29) is 24.7 Å². The fraction of sp³-hybridized carbons (Fsp3) is 0.444. The van der Waals surface area contributed by atoms with E-state index in [2.05, 4.69) is 36.4 Å². The zero-order valence-electron chi connectivity index (χ0n) is 20.5. The second-order valence-electron chi connectivity index (χ2n) is 9.83. The second kappa shape index (κ2) is 9.55. The molecular weight excluding hydrogens is 456 g/mol. The number of anilines is 3. The number of methoxy groups -OCH3 is 1. The van der Waals surface area contributed by atoms with Crippen molar-refractivity contribution in [1.82, 2.24) is 20.1 Å². The molecule has 2 aromatic heterocycles. The molecule has 2 atom stereocenters. The number of pyridine rings is 1. The number of ether oxygens (including phenoxy) is 1. The minimum Gasteiger partial charge on any atom is -0.394 e. The number of hydrogen-bond donors (Lipinski definition) is 3. The van der Waals surface area contributed by atoms with Crippen molar-refractivity contribution in [2.75, 3.05) is 30.5 Å². The number of piperidine rings is 1. The van der Waals surface area contributed by atoms with E-state index < -0.39 is 0 Å². The molecule has 6 rings (SSSR count). The molecule has 0 radical (unpaired) electrons. The quantitative estimate of drug-likeness (QED) is 0.489. The Morgan fingerprint density at radius 2 is 2.08 bits per heavy atom. The average Bonchev–Trinajstić information content (AvgIpc) is 3.53. The molecule has 0 unspecified atom stereocenters. The summed E-state index contributed by atoms with van der Waals surface area (Å²) in [4.78, 5) is 19.6. The molecule has 5 heterocycles. The molecule has 1 fully saturated rings. The van der Waals surface area contributed by atoms with E-state index in [1.165, 1.54) is 12.1 Å². The Bertz CT molecular complexity index is 1270. The summed E-state index contributed by atoms with van der Waals surface area (Å²) in [6.45, 7) is 2.29. The Labute approximate surface area is 210 Å². The minimum absolute atomic E-state index is 0.0612. The highest BCUT2D eigenvalue weighted by Crippen LogP contribution is 2.37. The van der Waals surface area contributed by atoms with Crippen LogP contribution in [0.15, 0.2) is 36.7 Å². The number of carbonyl (C=O) groups excluding carboxylic acids is 1. The van der Waals surface area contributed by atoms with Crippen LogP contribution >= 0.6 is 0 Å². The lowest BCUT2D eigenvalue weighted by molar-refractivity contribution is 0.0744. The monoisotopic (exact) mass is 488 g/mol. The SMILES string of the molecule is CO[C@@H]1CC[C@@H](CO)N(c2ccc(Nc3ccc(-c4cnn5c4CCCC5)c4c3C(=O)NC4)nc2)C1. The second-order valence-corrected chi connectivity index (χ2v) is 9.83. The fourth-order valence-electron chi connectivity index (χ4n) is 5.81. The third-order valence-electron chi connectivity index (χ3n) is 7.79. The summed E-state index contributed by atoms with van der Waals surface area (Å²) in [5.41, 5.74) is 6.84. The Morgan fingerprint density at radius 1 is 1.17 bits per heavy atom. The predicted molar refractivity (Wildman–Crippen MR) is 138 cm³/mol. The lowest BCUT2D eigenvalue weighted by atomic mass is 9.94. The summed E-state index contributed by atoms with van der Waals surface area (Å²) < 4.78 is 7.66. The number of nitrogens with zero attached hydrogens (tertiary/aromatic N) is 4. The van der Waals surface area contributed by atoms with E-state index in [0.29, 0.717) is 17.9 Å². The topological polar surface area (TPSA) is 105 Å². The zero-order valence-corrected chi connectivity index (χ0v) is 20.5. The minimum atomic E-state index is -0.0725. The van der Waals surface area contributed by atoms with Gasteiger partial charge in [-0.1, -0.05) is 6.07 Å². The van der Waals surface area contributed by atoms with Gasteiger partial charge in [-0.3, -0.25) is 9.48 Å². The van der Waals surface area contributed by atoms with Gasteiger partial charge in [0.2, 0.25) is 0 Å². The molecule has 0 spiro atoms. The van der Waals surface area contributed by atoms with Crippen molar-refractivity contribution >= 4 is 23.1 Å². The van der Waals surface area contributed by atoms with Gasteiger partial charge in [0.1, 0.15) is 5.82 Å². The van der Waals surface area contributed by atoms with Crippen molar-refractivity contribution in [3.05, 3.63) is 53.5 Å². The number of aromatic nitrogens is 3. The van der Waals surface area contributed by atoms with Gasteiger partial charge in [-0.2, -0.15) is 5.10 Å². The predicted octanol–water partition coefficient (Wildman–Crippen LogP) is 3.24. The van der Waals surface area contributed by atoms with Gasteiger partial charge in [0.05, 0.1) is 48.1 Å². The van der Waals surface area contributed by atoms with Crippen LogP contribution in [0.25, 0.3) is 11.1 Å². The van der Waals surface area contributed by atoms with Crippen LogP contribution in [0.4, 0.5) is 17.2 Å². The van der Waals surface area contributed by atoms with E-state index in [1.807, 2.05) is 30.6 Å². The number of hydrogen-bond acceptors (Lipinski definition) is 7. The molecule has 1 saturated heterocycles. The summed E-state index contributed by atoms with van der Waals surface area (Å²) in [5, 5.41) is 20.8. The highest BCUT2D eigenvalue weighted by Gasteiger charge is 2.30. The maximum absolute atomic E-state index is 12.8. The number of fused-ring (bicyclic) bond motifs is 2. The molecule has 0 bridgehead atoms. The molecular formula is C27H32N6O3. The van der Waals surface area contributed by atoms with E-state index >= 15 is 0 Å². The van der Waals surface area contributed by atoms with Gasteiger partial charge < -0.3 is 25.4 Å². The van der Waals surface area contributed by atoms with Crippen LogP contribution in [0, 0.1) is 0 Å². The summed E-state index contributed by atoms with van der Waals surface area (Å²) in [6, 6.07) is 8.04. The molecule has 9 heteroatoms. The number of amides is 1. The third-order valence-corrected chi connectivity index (χ3v) is 7.79. The Balaban J connectivity index is 1.27. The largest absolute Gasteiger partial charge is 0.394 e. The summed E-state index contributed by atoms with van der Waals surface area (Å²) in [5.74, 6) is 0.592. The van der Waals surface area contributed by atoms with Crippen LogP contribution in [0.1, 0.15) is 47.3 Å². The maximum Gasteiger partial charge on any atom is 0.254 e. The number of benzene rings is 1. The van der Waals surface area contributed by atoms with Crippen molar-refractivity contribution in [1.29, 1.82) is 0 Å². The number of nitrogens with one attached hydrogen (secondary N) is 2. The van der Waals surface area contributed by atoms with Gasteiger partial charge in [-0.15, -0.1) is 0 Å². The van der Waals surface area contributed by atoms with Gasteiger partial charge in [-0.05, 0) is 61.4 Å². The standard InChI is InChI=1S/C27H32N6O3/c1-36-19-7-5-18(16-34)32(15-19)17-6-10-25(28-12-17)31-23-9-8-20(22-13-29-27(35)26(22)23)21-14-30-33-11-3-2-4-24(21)33/h6,8-10,12,14,18-19,34H,2-5,7,11,13,15-16H2,1H3,(H,28,31)(H,29,35)/t18-,19+/m0/s1. The first-order valence-electron chi connectivity index (χ1n) is 12.8.